The fourth-order valence-corrected chi connectivity index (χ4v) is 2.97. The molecule has 1 aromatic heterocycles. The number of halogens is 3. The van der Waals surface area contributed by atoms with Crippen LogP contribution in [0.15, 0.2) is 35.4 Å². The average molecular weight is 328 g/mol. The number of aromatic nitrogens is 2. The molecule has 5 nitrogen and oxygen atoms in total. The van der Waals surface area contributed by atoms with E-state index in [1.807, 2.05) is 30.3 Å². The summed E-state index contributed by atoms with van der Waals surface area (Å²) in [5, 5.41) is 23.0. The molecule has 3 rings (SSSR count). The van der Waals surface area contributed by atoms with Crippen LogP contribution in [0, 0.1) is 0 Å². The molecular formula is C13H11F3N4OS. The molecule has 0 bridgehead atoms. The summed E-state index contributed by atoms with van der Waals surface area (Å²) in [6, 6.07) is 9.12. The van der Waals surface area contributed by atoms with Gasteiger partial charge in [-0.3, -0.25) is 0 Å². The van der Waals surface area contributed by atoms with E-state index in [1.165, 1.54) is 6.92 Å². The van der Waals surface area contributed by atoms with Crippen molar-refractivity contribution in [1.29, 1.82) is 0 Å². The van der Waals surface area contributed by atoms with Gasteiger partial charge in [0.05, 0.1) is 0 Å². The highest BCUT2D eigenvalue weighted by Gasteiger charge is 2.49. The van der Waals surface area contributed by atoms with E-state index in [2.05, 4.69) is 15.3 Å². The van der Waals surface area contributed by atoms with Crippen LogP contribution in [-0.2, 0) is 0 Å². The fourth-order valence-electron chi connectivity index (χ4n) is 2.06. The minimum absolute atomic E-state index is 0.114. The highest BCUT2D eigenvalue weighted by atomic mass is 32.1. The van der Waals surface area contributed by atoms with Crippen molar-refractivity contribution in [2.45, 2.75) is 25.2 Å². The maximum atomic E-state index is 12.8. The predicted octanol–water partition coefficient (Wildman–Crippen LogP) is 3.04. The third kappa shape index (κ3) is 2.69. The summed E-state index contributed by atoms with van der Waals surface area (Å²) in [4.78, 5) is 0. The molecular weight excluding hydrogens is 317 g/mol. The molecule has 0 saturated carbocycles. The number of rotatable bonds is 2. The predicted molar refractivity (Wildman–Crippen MR) is 76.6 cm³/mol. The Morgan fingerprint density at radius 2 is 1.91 bits per heavy atom. The Balaban J connectivity index is 1.94. The first-order valence-electron chi connectivity index (χ1n) is 6.33. The minimum atomic E-state index is -4.58. The normalized spacial score (nSPS) is 22.0. The highest BCUT2D eigenvalue weighted by Crippen LogP contribution is 2.38. The van der Waals surface area contributed by atoms with Crippen molar-refractivity contribution in [2.75, 3.05) is 5.01 Å². The summed E-state index contributed by atoms with van der Waals surface area (Å²) in [5.74, 6) is 0. The molecule has 1 aromatic carbocycles. The summed E-state index contributed by atoms with van der Waals surface area (Å²) < 4.78 is 38.3. The number of hydrazone groups is 1. The molecule has 1 unspecified atom stereocenters. The second-order valence-electron chi connectivity index (χ2n) is 5.01. The lowest BCUT2D eigenvalue weighted by Gasteiger charge is -2.25. The van der Waals surface area contributed by atoms with Gasteiger partial charge in [0.2, 0.25) is 5.13 Å². The maximum absolute atomic E-state index is 12.8. The Bertz CT molecular complexity index is 712. The van der Waals surface area contributed by atoms with Crippen LogP contribution in [0.5, 0.6) is 0 Å². The molecule has 116 valence electrons. The van der Waals surface area contributed by atoms with Crippen molar-refractivity contribution in [1.82, 2.24) is 10.2 Å². The zero-order valence-electron chi connectivity index (χ0n) is 11.4. The Kier molecular flexibility index (Phi) is 3.41. The van der Waals surface area contributed by atoms with Crippen molar-refractivity contribution in [3.8, 4) is 10.6 Å². The first kappa shape index (κ1) is 14.9. The third-order valence-corrected chi connectivity index (χ3v) is 4.07. The molecule has 0 fully saturated rings. The number of hydrogen-bond donors (Lipinski definition) is 1. The molecule has 9 heteroatoms. The van der Waals surface area contributed by atoms with Crippen LogP contribution in [-0.4, -0.2) is 32.9 Å². The number of aliphatic hydroxyl groups is 1. The van der Waals surface area contributed by atoms with Crippen molar-refractivity contribution in [3.05, 3.63) is 30.3 Å². The van der Waals surface area contributed by atoms with Crippen LogP contribution >= 0.6 is 11.3 Å². The van der Waals surface area contributed by atoms with E-state index in [0.29, 0.717) is 5.01 Å². The van der Waals surface area contributed by atoms with Crippen molar-refractivity contribution >= 4 is 22.2 Å². The second-order valence-corrected chi connectivity index (χ2v) is 5.96. The van der Waals surface area contributed by atoms with Crippen LogP contribution in [0.1, 0.15) is 13.3 Å². The van der Waals surface area contributed by atoms with E-state index in [1.54, 1.807) is 0 Å². The number of nitrogens with zero attached hydrogens (tertiary/aromatic N) is 4. The summed E-state index contributed by atoms with van der Waals surface area (Å²) in [6.07, 6.45) is -5.19. The van der Waals surface area contributed by atoms with Gasteiger partial charge in [-0.1, -0.05) is 41.7 Å². The minimum Gasteiger partial charge on any atom is -0.369 e. The molecule has 0 radical (unpaired) electrons. The van der Waals surface area contributed by atoms with E-state index in [-0.39, 0.29) is 5.13 Å². The molecule has 1 aliphatic rings. The van der Waals surface area contributed by atoms with E-state index < -0.39 is 24.0 Å². The monoisotopic (exact) mass is 328 g/mol. The lowest BCUT2D eigenvalue weighted by Crippen LogP contribution is -2.40. The molecule has 1 aliphatic heterocycles. The van der Waals surface area contributed by atoms with Gasteiger partial charge in [-0.05, 0) is 6.92 Å². The lowest BCUT2D eigenvalue weighted by molar-refractivity contribution is -0.0620. The van der Waals surface area contributed by atoms with Gasteiger partial charge in [-0.2, -0.15) is 18.3 Å². The van der Waals surface area contributed by atoms with E-state index in [4.69, 9.17) is 0 Å². The van der Waals surface area contributed by atoms with Crippen LogP contribution in [0.3, 0.4) is 0 Å². The third-order valence-electron chi connectivity index (χ3n) is 3.12. The Hall–Kier alpha value is -2.00. The first-order chi connectivity index (χ1) is 10.3. The van der Waals surface area contributed by atoms with E-state index >= 15 is 0 Å². The van der Waals surface area contributed by atoms with Gasteiger partial charge in [-0.15, -0.1) is 10.2 Å². The smallest absolute Gasteiger partial charge is 0.369 e. The largest absolute Gasteiger partial charge is 0.431 e. The number of hydrogen-bond acceptors (Lipinski definition) is 6. The standard InChI is InChI=1S/C13H11F3N4OS/c1-12(21)7-9(13(14,15)16)19-20(12)11-18-17-10(22-11)8-5-3-2-4-6-8/h2-6,21H,7H2,1H3. The molecule has 1 N–H and O–H groups in total. The van der Waals surface area contributed by atoms with E-state index in [0.717, 1.165) is 21.9 Å². The van der Waals surface area contributed by atoms with Crippen LogP contribution < -0.4 is 5.01 Å². The highest BCUT2D eigenvalue weighted by molar-refractivity contribution is 7.18. The Labute approximate surface area is 127 Å². The number of benzene rings is 1. The Morgan fingerprint density at radius 3 is 2.50 bits per heavy atom. The maximum Gasteiger partial charge on any atom is 0.431 e. The zero-order chi connectivity index (χ0) is 16.0. The summed E-state index contributed by atoms with van der Waals surface area (Å²) in [7, 11) is 0. The van der Waals surface area contributed by atoms with Crippen molar-refractivity contribution in [2.24, 2.45) is 5.10 Å². The first-order valence-corrected chi connectivity index (χ1v) is 7.15. The topological polar surface area (TPSA) is 61.6 Å². The molecule has 0 amide bonds. The van der Waals surface area contributed by atoms with Gasteiger partial charge in [0.1, 0.15) is 10.7 Å². The van der Waals surface area contributed by atoms with Crippen molar-refractivity contribution in [3.63, 3.8) is 0 Å². The number of anilines is 1. The summed E-state index contributed by atoms with van der Waals surface area (Å²) in [6.45, 7) is 1.26. The Morgan fingerprint density at radius 1 is 1.23 bits per heavy atom. The van der Waals surface area contributed by atoms with Gasteiger partial charge in [0.15, 0.2) is 5.72 Å². The van der Waals surface area contributed by atoms with Crippen LogP contribution in [0.25, 0.3) is 10.6 Å². The second kappa shape index (κ2) is 5.03. The summed E-state index contributed by atoms with van der Waals surface area (Å²) in [5.41, 5.74) is -2.02. The number of alkyl halides is 3. The molecule has 0 saturated heterocycles. The average Bonchev–Trinajstić information content (AvgIpc) is 3.03. The molecule has 2 aromatic rings. The molecule has 0 aliphatic carbocycles. The van der Waals surface area contributed by atoms with E-state index in [9.17, 15) is 18.3 Å². The van der Waals surface area contributed by atoms with Gasteiger partial charge < -0.3 is 5.11 Å². The van der Waals surface area contributed by atoms with Gasteiger partial charge in [0, 0.05) is 12.0 Å². The summed E-state index contributed by atoms with van der Waals surface area (Å²) >= 11 is 1.07. The lowest BCUT2D eigenvalue weighted by atomic mass is 10.1. The molecule has 2 heterocycles. The van der Waals surface area contributed by atoms with Gasteiger partial charge in [-0.25, -0.2) is 5.01 Å². The zero-order valence-corrected chi connectivity index (χ0v) is 12.2. The van der Waals surface area contributed by atoms with Crippen LogP contribution in [0.4, 0.5) is 18.3 Å². The molecule has 1 atom stereocenters. The quantitative estimate of drug-likeness (QED) is 0.920. The van der Waals surface area contributed by atoms with Crippen molar-refractivity contribution < 1.29 is 18.3 Å². The SMILES string of the molecule is CC1(O)CC(C(F)(F)F)=NN1c1nnc(-c2ccccc2)s1. The molecule has 22 heavy (non-hydrogen) atoms. The van der Waals surface area contributed by atoms with Crippen LogP contribution in [0.2, 0.25) is 0 Å². The van der Waals surface area contributed by atoms with Gasteiger partial charge >= 0.3 is 6.18 Å². The fraction of sp³-hybridized carbons (Fsp3) is 0.308. The van der Waals surface area contributed by atoms with Gasteiger partial charge in [0.25, 0.3) is 0 Å². The molecule has 0 spiro atoms.